The van der Waals surface area contributed by atoms with Crippen molar-refractivity contribution in [1.82, 2.24) is 19.8 Å². The number of halogens is 2. The number of rotatable bonds is 11. The van der Waals surface area contributed by atoms with Crippen LogP contribution in [-0.2, 0) is 54.5 Å². The number of likely N-dealkylation sites (tertiary alicyclic amines) is 2. The minimum atomic E-state index is -2.58. The number of carbonyl (C=O) groups is 4. The molecular formula is C46H44F2N4O8. The highest BCUT2D eigenvalue weighted by atomic mass is 19.1. The molecular weight excluding hydrogens is 775 g/mol. The lowest BCUT2D eigenvalue weighted by molar-refractivity contribution is -0.146. The number of ether oxygens (including phenoxy) is 4. The topological polar surface area (TPSA) is 143 Å². The number of H-pyrrole nitrogens is 2. The highest BCUT2D eigenvalue weighted by Crippen LogP contribution is 2.40. The second-order valence-corrected chi connectivity index (χ2v) is 14.8. The number of aromatic amines is 2. The molecule has 0 radical (unpaired) electrons. The number of carbonyl (C=O) groups excluding carboxylic acids is 4. The van der Waals surface area contributed by atoms with Gasteiger partial charge in [0, 0.05) is 66.1 Å². The molecule has 2 saturated heterocycles. The fourth-order valence-corrected chi connectivity index (χ4v) is 7.86. The molecule has 6 aromatic rings. The summed E-state index contributed by atoms with van der Waals surface area (Å²) in [7, 11) is 0. The van der Waals surface area contributed by atoms with Crippen molar-refractivity contribution in [3.05, 3.63) is 131 Å². The van der Waals surface area contributed by atoms with Crippen LogP contribution in [0, 0.1) is 11.6 Å². The molecule has 310 valence electrons. The van der Waals surface area contributed by atoms with Crippen molar-refractivity contribution in [3.8, 4) is 11.4 Å². The predicted octanol–water partition coefficient (Wildman–Crippen LogP) is 8.37. The maximum absolute atomic E-state index is 15.0. The Morgan fingerprint density at radius 2 is 1.03 bits per heavy atom. The molecule has 4 aromatic carbocycles. The lowest BCUT2D eigenvalue weighted by Gasteiger charge is -2.25. The Kier molecular flexibility index (Phi) is 10.1. The Balaban J connectivity index is 1.26. The first kappa shape index (κ1) is 35.3. The SMILES string of the molecule is [2H]C([2H])(c1c(-c2[nH]c3cc(F)ccc3c2C([2H])([2H])[C@@H]2C[C@H](OC(C)=O)CN2C(=O)OCc2ccccc2)[nH]c2cc(F)ccc12)[C@@H]1C[C@H](OC(C)=O)CN1C(=O)OCc1ccccc1. The zero-order valence-electron chi connectivity index (χ0n) is 36.7. The summed E-state index contributed by atoms with van der Waals surface area (Å²) in [5, 5.41) is 0.349. The zero-order valence-corrected chi connectivity index (χ0v) is 32.7. The van der Waals surface area contributed by atoms with Gasteiger partial charge in [-0.1, -0.05) is 60.7 Å². The molecule has 0 bridgehead atoms. The van der Waals surface area contributed by atoms with Crippen LogP contribution in [0.15, 0.2) is 97.1 Å². The third-order valence-electron chi connectivity index (χ3n) is 10.5. The maximum atomic E-state index is 15.0. The van der Waals surface area contributed by atoms with Crippen molar-refractivity contribution in [2.45, 2.75) is 76.9 Å². The minimum absolute atomic E-state index is 0.0673. The molecule has 2 aromatic heterocycles. The van der Waals surface area contributed by atoms with E-state index in [2.05, 4.69) is 9.97 Å². The summed E-state index contributed by atoms with van der Waals surface area (Å²) in [5.74, 6) is -2.64. The Morgan fingerprint density at radius 3 is 1.42 bits per heavy atom. The number of aromatic nitrogens is 2. The Labute approximate surface area is 350 Å². The van der Waals surface area contributed by atoms with Gasteiger partial charge in [-0.2, -0.15) is 0 Å². The second-order valence-electron chi connectivity index (χ2n) is 14.8. The van der Waals surface area contributed by atoms with Gasteiger partial charge in [-0.3, -0.25) is 9.59 Å². The van der Waals surface area contributed by atoms with E-state index in [0.29, 0.717) is 11.1 Å². The first-order valence-corrected chi connectivity index (χ1v) is 19.4. The number of esters is 2. The summed E-state index contributed by atoms with van der Waals surface area (Å²) in [6.45, 7) is 1.69. The van der Waals surface area contributed by atoms with E-state index in [1.54, 1.807) is 60.7 Å². The molecule has 2 aliphatic heterocycles. The van der Waals surface area contributed by atoms with Crippen molar-refractivity contribution in [1.29, 1.82) is 0 Å². The fraction of sp³-hybridized carbons (Fsp3) is 0.304. The van der Waals surface area contributed by atoms with Crippen LogP contribution in [0.4, 0.5) is 18.4 Å². The predicted molar refractivity (Wildman–Crippen MR) is 217 cm³/mol. The number of hydrogen-bond donors (Lipinski definition) is 2. The first-order chi connectivity index (χ1) is 30.5. The van der Waals surface area contributed by atoms with Crippen LogP contribution in [0.5, 0.6) is 0 Å². The number of hydrogen-bond acceptors (Lipinski definition) is 8. The molecule has 2 amide bonds. The van der Waals surface area contributed by atoms with Crippen LogP contribution in [0.2, 0.25) is 0 Å². The standard InChI is InChI=1S/C46H44F2N4O8/c1-27(53)59-35-19-33(51(23-35)45(55)57-25-29-9-5-3-6-10-29)21-39-37-15-13-31(47)17-41(37)49-43(39)44-40(38-16-14-32(48)18-42(38)50-44)22-34-20-36(60-28(2)54)24-52(34)46(56)58-26-30-11-7-4-8-12-30/h3-18,33-36,49-50H,19-26H2,1-2H3/t33-,34-,35-,36-/m0/s1/i21D2,22D2. The van der Waals surface area contributed by atoms with E-state index in [0.717, 1.165) is 34.1 Å². The first-order valence-electron chi connectivity index (χ1n) is 21.4. The van der Waals surface area contributed by atoms with Gasteiger partial charge in [0.25, 0.3) is 0 Å². The average Bonchev–Trinajstić information content (AvgIpc) is 4.05. The molecule has 12 nitrogen and oxygen atoms in total. The van der Waals surface area contributed by atoms with Crippen molar-refractivity contribution in [3.63, 3.8) is 0 Å². The van der Waals surface area contributed by atoms with Crippen molar-refractivity contribution >= 4 is 45.9 Å². The van der Waals surface area contributed by atoms with Crippen LogP contribution >= 0.6 is 0 Å². The number of amides is 2. The number of nitrogens with zero attached hydrogens (tertiary/aromatic N) is 2. The van der Waals surface area contributed by atoms with Gasteiger partial charge >= 0.3 is 24.1 Å². The highest BCUT2D eigenvalue weighted by Gasteiger charge is 2.41. The lowest BCUT2D eigenvalue weighted by atomic mass is 9.95. The summed E-state index contributed by atoms with van der Waals surface area (Å²) < 4.78 is 92.1. The smallest absolute Gasteiger partial charge is 0.410 e. The molecule has 8 rings (SSSR count). The summed E-state index contributed by atoms with van der Waals surface area (Å²) in [6.07, 6.45) is -9.17. The quantitative estimate of drug-likeness (QED) is 0.0981. The van der Waals surface area contributed by atoms with Gasteiger partial charge in [-0.15, -0.1) is 0 Å². The zero-order chi connectivity index (χ0) is 45.5. The Morgan fingerprint density at radius 1 is 0.633 bits per heavy atom. The number of benzene rings is 4. The monoisotopic (exact) mass is 822 g/mol. The molecule has 4 heterocycles. The summed E-state index contributed by atoms with van der Waals surface area (Å²) >= 11 is 0. The Bertz CT molecular complexity index is 2550. The van der Waals surface area contributed by atoms with E-state index in [9.17, 15) is 24.7 Å². The van der Waals surface area contributed by atoms with Crippen molar-refractivity contribution < 1.29 is 52.4 Å². The van der Waals surface area contributed by atoms with E-state index in [4.69, 9.17) is 18.9 Å². The van der Waals surface area contributed by atoms with E-state index in [1.807, 2.05) is 0 Å². The van der Waals surface area contributed by atoms with Gasteiger partial charge in [0.05, 0.1) is 24.5 Å². The molecule has 2 fully saturated rings. The van der Waals surface area contributed by atoms with E-state index in [-0.39, 0.29) is 83.5 Å². The summed E-state index contributed by atoms with van der Waals surface area (Å²) in [5.41, 5.74) is 1.19. The van der Waals surface area contributed by atoms with Gasteiger partial charge in [0.1, 0.15) is 37.1 Å². The van der Waals surface area contributed by atoms with E-state index in [1.165, 1.54) is 26.0 Å². The fourth-order valence-electron chi connectivity index (χ4n) is 7.86. The third kappa shape index (κ3) is 8.82. The van der Waals surface area contributed by atoms with Crippen LogP contribution < -0.4 is 0 Å². The normalized spacial score (nSPS) is 20.3. The van der Waals surface area contributed by atoms with Gasteiger partial charge < -0.3 is 38.7 Å². The Hall–Kier alpha value is -6.70. The molecule has 0 aliphatic carbocycles. The highest BCUT2D eigenvalue weighted by molar-refractivity contribution is 5.96. The molecule has 60 heavy (non-hydrogen) atoms. The third-order valence-corrected chi connectivity index (χ3v) is 10.5. The average molecular weight is 823 g/mol. The van der Waals surface area contributed by atoms with Crippen LogP contribution in [0.1, 0.15) is 54.4 Å². The van der Waals surface area contributed by atoms with Crippen LogP contribution in [-0.4, -0.2) is 81.3 Å². The lowest BCUT2D eigenvalue weighted by Crippen LogP contribution is -2.38. The van der Waals surface area contributed by atoms with Gasteiger partial charge in [0.2, 0.25) is 0 Å². The number of nitrogens with one attached hydrogen (secondary N) is 2. The molecule has 14 heteroatoms. The van der Waals surface area contributed by atoms with E-state index < -0.39 is 72.8 Å². The molecule has 0 saturated carbocycles. The molecule has 2 N–H and O–H groups in total. The maximum Gasteiger partial charge on any atom is 0.410 e. The summed E-state index contributed by atoms with van der Waals surface area (Å²) in [4.78, 5) is 60.7. The van der Waals surface area contributed by atoms with Gasteiger partial charge in [0.15, 0.2) is 0 Å². The van der Waals surface area contributed by atoms with Crippen molar-refractivity contribution in [2.75, 3.05) is 13.1 Å². The minimum Gasteiger partial charge on any atom is -0.461 e. The van der Waals surface area contributed by atoms with Gasteiger partial charge in [-0.05, 0) is 71.4 Å². The molecule has 0 spiro atoms. The molecule has 2 aliphatic rings. The largest absolute Gasteiger partial charge is 0.461 e. The van der Waals surface area contributed by atoms with Gasteiger partial charge in [-0.25, -0.2) is 18.4 Å². The van der Waals surface area contributed by atoms with Crippen LogP contribution in [0.25, 0.3) is 33.2 Å². The number of fused-ring (bicyclic) bond motifs is 2. The van der Waals surface area contributed by atoms with E-state index >= 15 is 8.78 Å². The summed E-state index contributed by atoms with van der Waals surface area (Å²) in [6, 6.07) is 22.2. The molecule has 4 atom stereocenters. The van der Waals surface area contributed by atoms with Crippen LogP contribution in [0.3, 0.4) is 0 Å². The van der Waals surface area contributed by atoms with Crippen molar-refractivity contribution in [2.24, 2.45) is 0 Å². The second kappa shape index (κ2) is 17.3. The molecule has 0 unspecified atom stereocenters.